The van der Waals surface area contributed by atoms with Crippen LogP contribution in [0, 0.1) is 0 Å². The van der Waals surface area contributed by atoms with E-state index in [0.29, 0.717) is 22.4 Å². The number of carbonyl (C=O) groups is 1. The summed E-state index contributed by atoms with van der Waals surface area (Å²) in [4.78, 5) is 12.0. The van der Waals surface area contributed by atoms with E-state index >= 15 is 0 Å². The van der Waals surface area contributed by atoms with Crippen LogP contribution in [0.1, 0.15) is 16.1 Å². The molecule has 18 heavy (non-hydrogen) atoms. The molecule has 94 valence electrons. The van der Waals surface area contributed by atoms with Gasteiger partial charge in [0.05, 0.1) is 5.02 Å². The van der Waals surface area contributed by atoms with Crippen LogP contribution in [0.2, 0.25) is 10.2 Å². The molecular formula is C13H12Cl2N2O. The Labute approximate surface area is 115 Å². The van der Waals surface area contributed by atoms with Gasteiger partial charge in [-0.2, -0.15) is 0 Å². The Balaban J connectivity index is 2.06. The van der Waals surface area contributed by atoms with E-state index in [-0.39, 0.29) is 5.91 Å². The molecule has 1 aromatic heterocycles. The van der Waals surface area contributed by atoms with Gasteiger partial charge in [-0.25, -0.2) is 0 Å². The number of benzene rings is 1. The van der Waals surface area contributed by atoms with Crippen molar-refractivity contribution in [2.24, 2.45) is 7.05 Å². The summed E-state index contributed by atoms with van der Waals surface area (Å²) in [5.41, 5.74) is 1.48. The van der Waals surface area contributed by atoms with Crippen LogP contribution in [0.3, 0.4) is 0 Å². The van der Waals surface area contributed by atoms with Gasteiger partial charge in [0.1, 0.15) is 10.8 Å². The van der Waals surface area contributed by atoms with Gasteiger partial charge >= 0.3 is 0 Å². The standard InChI is InChI=1S/C13H12Cl2N2O/c1-17-11(7-10(14)12(17)15)13(18)16-8-9-5-3-2-4-6-9/h2-7H,8H2,1H3,(H,16,18). The Bertz CT molecular complexity index is 564. The Morgan fingerprint density at radius 2 is 1.94 bits per heavy atom. The maximum Gasteiger partial charge on any atom is 0.268 e. The first-order valence-electron chi connectivity index (χ1n) is 5.42. The first kappa shape index (κ1) is 13.0. The maximum absolute atomic E-state index is 12.0. The molecule has 1 N–H and O–H groups in total. The summed E-state index contributed by atoms with van der Waals surface area (Å²) in [6, 6.07) is 11.2. The average Bonchev–Trinajstić information content (AvgIpc) is 2.65. The van der Waals surface area contributed by atoms with E-state index in [1.165, 1.54) is 0 Å². The van der Waals surface area contributed by atoms with Crippen molar-refractivity contribution in [1.29, 1.82) is 0 Å². The van der Waals surface area contributed by atoms with Gasteiger partial charge in [-0.1, -0.05) is 53.5 Å². The summed E-state index contributed by atoms with van der Waals surface area (Å²) < 4.78 is 1.56. The van der Waals surface area contributed by atoms with Gasteiger partial charge in [-0.05, 0) is 11.6 Å². The summed E-state index contributed by atoms with van der Waals surface area (Å²) in [6.07, 6.45) is 0. The van der Waals surface area contributed by atoms with Crippen LogP contribution >= 0.6 is 23.2 Å². The third-order valence-electron chi connectivity index (χ3n) is 2.64. The lowest BCUT2D eigenvalue weighted by atomic mass is 10.2. The summed E-state index contributed by atoms with van der Waals surface area (Å²) in [5, 5.41) is 3.56. The van der Waals surface area contributed by atoms with Crippen molar-refractivity contribution in [2.45, 2.75) is 6.54 Å². The van der Waals surface area contributed by atoms with Crippen molar-refractivity contribution in [3.8, 4) is 0 Å². The number of halogens is 2. The molecule has 0 fully saturated rings. The van der Waals surface area contributed by atoms with Crippen molar-refractivity contribution in [1.82, 2.24) is 9.88 Å². The summed E-state index contributed by atoms with van der Waals surface area (Å²) in [7, 11) is 1.70. The number of carbonyl (C=O) groups excluding carboxylic acids is 1. The van der Waals surface area contributed by atoms with Crippen LogP contribution in [-0.2, 0) is 13.6 Å². The van der Waals surface area contributed by atoms with Gasteiger partial charge in [0.2, 0.25) is 0 Å². The maximum atomic E-state index is 12.0. The Kier molecular flexibility index (Phi) is 3.94. The molecule has 0 bridgehead atoms. The summed E-state index contributed by atoms with van der Waals surface area (Å²) in [5.74, 6) is -0.199. The monoisotopic (exact) mass is 282 g/mol. The molecule has 1 aromatic carbocycles. The van der Waals surface area contributed by atoms with Gasteiger partial charge in [0.25, 0.3) is 5.91 Å². The zero-order chi connectivity index (χ0) is 13.1. The number of hydrogen-bond acceptors (Lipinski definition) is 1. The predicted molar refractivity (Wildman–Crippen MR) is 73.0 cm³/mol. The molecule has 0 saturated carbocycles. The third-order valence-corrected chi connectivity index (χ3v) is 3.49. The molecule has 0 radical (unpaired) electrons. The molecule has 2 rings (SSSR count). The minimum Gasteiger partial charge on any atom is -0.347 e. The highest BCUT2D eigenvalue weighted by molar-refractivity contribution is 6.41. The molecule has 1 amide bonds. The van der Waals surface area contributed by atoms with Crippen LogP contribution in [0.5, 0.6) is 0 Å². The van der Waals surface area contributed by atoms with Crippen molar-refractivity contribution < 1.29 is 4.79 Å². The van der Waals surface area contributed by atoms with E-state index in [4.69, 9.17) is 23.2 Å². The fourth-order valence-electron chi connectivity index (χ4n) is 1.63. The predicted octanol–water partition coefficient (Wildman–Crippen LogP) is 3.26. The van der Waals surface area contributed by atoms with Gasteiger partial charge in [0, 0.05) is 13.6 Å². The quantitative estimate of drug-likeness (QED) is 0.921. The molecule has 5 heteroatoms. The molecular weight excluding hydrogens is 271 g/mol. The second kappa shape index (κ2) is 5.46. The fraction of sp³-hybridized carbons (Fsp3) is 0.154. The lowest BCUT2D eigenvalue weighted by Crippen LogP contribution is -2.24. The lowest BCUT2D eigenvalue weighted by Gasteiger charge is -2.06. The molecule has 2 aromatic rings. The smallest absolute Gasteiger partial charge is 0.268 e. The highest BCUT2D eigenvalue weighted by Gasteiger charge is 2.15. The first-order valence-corrected chi connectivity index (χ1v) is 6.18. The van der Waals surface area contributed by atoms with Crippen molar-refractivity contribution >= 4 is 29.1 Å². The van der Waals surface area contributed by atoms with Gasteiger partial charge in [-0.3, -0.25) is 4.79 Å². The van der Waals surface area contributed by atoms with E-state index in [9.17, 15) is 4.79 Å². The number of rotatable bonds is 3. The van der Waals surface area contributed by atoms with E-state index in [0.717, 1.165) is 5.56 Å². The topological polar surface area (TPSA) is 34.0 Å². The van der Waals surface area contributed by atoms with E-state index in [1.807, 2.05) is 30.3 Å². The number of nitrogens with one attached hydrogen (secondary N) is 1. The minimum absolute atomic E-state index is 0.199. The summed E-state index contributed by atoms with van der Waals surface area (Å²) >= 11 is 11.8. The van der Waals surface area contributed by atoms with Gasteiger partial charge in [0.15, 0.2) is 0 Å². The molecule has 0 aliphatic carbocycles. The normalized spacial score (nSPS) is 10.4. The van der Waals surface area contributed by atoms with Crippen molar-refractivity contribution in [2.75, 3.05) is 0 Å². The Morgan fingerprint density at radius 1 is 1.28 bits per heavy atom. The number of amides is 1. The first-order chi connectivity index (χ1) is 8.59. The van der Waals surface area contributed by atoms with Crippen LogP contribution in [-0.4, -0.2) is 10.5 Å². The van der Waals surface area contributed by atoms with E-state index < -0.39 is 0 Å². The second-order valence-electron chi connectivity index (χ2n) is 3.90. The van der Waals surface area contributed by atoms with E-state index in [1.54, 1.807) is 17.7 Å². The molecule has 0 saturated heterocycles. The Hall–Kier alpha value is -1.45. The fourth-order valence-corrected chi connectivity index (χ4v) is 2.00. The average molecular weight is 283 g/mol. The third kappa shape index (κ3) is 2.68. The van der Waals surface area contributed by atoms with E-state index in [2.05, 4.69) is 5.32 Å². The molecule has 3 nitrogen and oxygen atoms in total. The number of hydrogen-bond donors (Lipinski definition) is 1. The molecule has 0 spiro atoms. The zero-order valence-corrected chi connectivity index (χ0v) is 11.3. The lowest BCUT2D eigenvalue weighted by molar-refractivity contribution is 0.0943. The highest BCUT2D eigenvalue weighted by atomic mass is 35.5. The SMILES string of the molecule is Cn1c(C(=O)NCc2ccccc2)cc(Cl)c1Cl. The van der Waals surface area contributed by atoms with Crippen LogP contribution in [0.25, 0.3) is 0 Å². The molecule has 0 aliphatic heterocycles. The zero-order valence-electron chi connectivity index (χ0n) is 9.78. The molecule has 0 atom stereocenters. The van der Waals surface area contributed by atoms with Crippen LogP contribution in [0.15, 0.2) is 36.4 Å². The van der Waals surface area contributed by atoms with Crippen LogP contribution < -0.4 is 5.32 Å². The number of nitrogens with zero attached hydrogens (tertiary/aromatic N) is 1. The minimum atomic E-state index is -0.199. The highest BCUT2D eigenvalue weighted by Crippen LogP contribution is 2.24. The Morgan fingerprint density at radius 3 is 2.50 bits per heavy atom. The molecule has 0 aliphatic rings. The van der Waals surface area contributed by atoms with Crippen molar-refractivity contribution in [3.05, 3.63) is 57.8 Å². The second-order valence-corrected chi connectivity index (χ2v) is 4.66. The van der Waals surface area contributed by atoms with Gasteiger partial charge in [-0.15, -0.1) is 0 Å². The molecule has 0 unspecified atom stereocenters. The number of aromatic nitrogens is 1. The van der Waals surface area contributed by atoms with Crippen molar-refractivity contribution in [3.63, 3.8) is 0 Å². The largest absolute Gasteiger partial charge is 0.347 e. The summed E-state index contributed by atoms with van der Waals surface area (Å²) in [6.45, 7) is 0.472. The van der Waals surface area contributed by atoms with Crippen LogP contribution in [0.4, 0.5) is 0 Å². The van der Waals surface area contributed by atoms with Gasteiger partial charge < -0.3 is 9.88 Å². The molecule has 1 heterocycles.